The first-order chi connectivity index (χ1) is 11.6. The SMILES string of the molecule is Cc1ccc(C)c(OC[C@@H](O)CN2CCC(c3cn[nH]c3)CC2)c1. The molecule has 1 aromatic heterocycles. The molecule has 0 spiro atoms. The van der Waals surface area contributed by atoms with Gasteiger partial charge in [0.15, 0.2) is 0 Å². The smallest absolute Gasteiger partial charge is 0.122 e. The van der Waals surface area contributed by atoms with Gasteiger partial charge in [0.25, 0.3) is 0 Å². The Labute approximate surface area is 143 Å². The van der Waals surface area contributed by atoms with E-state index in [0.717, 1.165) is 37.2 Å². The molecule has 24 heavy (non-hydrogen) atoms. The average Bonchev–Trinajstić information content (AvgIpc) is 3.11. The van der Waals surface area contributed by atoms with Gasteiger partial charge in [-0.15, -0.1) is 0 Å². The molecule has 5 heteroatoms. The summed E-state index contributed by atoms with van der Waals surface area (Å²) in [4.78, 5) is 2.33. The lowest BCUT2D eigenvalue weighted by molar-refractivity contribution is 0.0592. The van der Waals surface area contributed by atoms with Crippen molar-refractivity contribution in [2.24, 2.45) is 0 Å². The minimum absolute atomic E-state index is 0.339. The Morgan fingerprint density at radius 2 is 2.12 bits per heavy atom. The number of piperidine rings is 1. The molecule has 0 unspecified atom stereocenters. The van der Waals surface area contributed by atoms with Crippen molar-refractivity contribution in [3.63, 3.8) is 0 Å². The number of aliphatic hydroxyl groups excluding tert-OH is 1. The third-order valence-electron chi connectivity index (χ3n) is 4.82. The maximum absolute atomic E-state index is 10.3. The van der Waals surface area contributed by atoms with Crippen LogP contribution in [0.1, 0.15) is 35.4 Å². The molecule has 2 heterocycles. The molecule has 130 valence electrons. The van der Waals surface area contributed by atoms with E-state index in [1.54, 1.807) is 0 Å². The van der Waals surface area contributed by atoms with Crippen LogP contribution in [0.4, 0.5) is 0 Å². The Kier molecular flexibility index (Phi) is 5.53. The molecule has 2 aromatic rings. The second-order valence-corrected chi connectivity index (χ2v) is 6.84. The number of hydrogen-bond acceptors (Lipinski definition) is 4. The number of aromatic nitrogens is 2. The van der Waals surface area contributed by atoms with Crippen LogP contribution in [0.25, 0.3) is 0 Å². The molecule has 0 saturated carbocycles. The summed E-state index contributed by atoms with van der Waals surface area (Å²) >= 11 is 0. The van der Waals surface area contributed by atoms with Crippen molar-refractivity contribution >= 4 is 0 Å². The van der Waals surface area contributed by atoms with Crippen LogP contribution in [0, 0.1) is 13.8 Å². The lowest BCUT2D eigenvalue weighted by Crippen LogP contribution is -2.40. The third-order valence-corrected chi connectivity index (χ3v) is 4.82. The molecule has 0 radical (unpaired) electrons. The Balaban J connectivity index is 1.43. The Bertz CT molecular complexity index is 634. The minimum Gasteiger partial charge on any atom is -0.491 e. The summed E-state index contributed by atoms with van der Waals surface area (Å²) in [6.07, 6.45) is 5.68. The number of likely N-dealkylation sites (tertiary alicyclic amines) is 1. The van der Waals surface area contributed by atoms with Gasteiger partial charge in [0.05, 0.1) is 6.20 Å². The molecular formula is C19H27N3O2. The number of ether oxygens (including phenoxy) is 1. The summed E-state index contributed by atoms with van der Waals surface area (Å²) in [5, 5.41) is 17.2. The molecule has 1 aromatic carbocycles. The van der Waals surface area contributed by atoms with Crippen molar-refractivity contribution in [2.75, 3.05) is 26.2 Å². The highest BCUT2D eigenvalue weighted by Crippen LogP contribution is 2.27. The maximum Gasteiger partial charge on any atom is 0.122 e. The Morgan fingerprint density at radius 3 is 2.83 bits per heavy atom. The van der Waals surface area contributed by atoms with Crippen molar-refractivity contribution < 1.29 is 9.84 Å². The molecule has 1 aliphatic rings. The van der Waals surface area contributed by atoms with Crippen LogP contribution < -0.4 is 4.74 Å². The highest BCUT2D eigenvalue weighted by Gasteiger charge is 2.22. The normalized spacial score (nSPS) is 17.8. The summed E-state index contributed by atoms with van der Waals surface area (Å²) in [5.41, 5.74) is 3.58. The van der Waals surface area contributed by atoms with Crippen LogP contribution in [0.15, 0.2) is 30.6 Å². The molecule has 0 bridgehead atoms. The number of hydrogen-bond donors (Lipinski definition) is 2. The van der Waals surface area contributed by atoms with Gasteiger partial charge >= 0.3 is 0 Å². The minimum atomic E-state index is -0.463. The lowest BCUT2D eigenvalue weighted by Gasteiger charge is -2.32. The second-order valence-electron chi connectivity index (χ2n) is 6.84. The summed E-state index contributed by atoms with van der Waals surface area (Å²) in [5.74, 6) is 1.45. The van der Waals surface area contributed by atoms with E-state index in [9.17, 15) is 5.11 Å². The summed E-state index contributed by atoms with van der Waals surface area (Å²) in [6.45, 7) is 7.11. The van der Waals surface area contributed by atoms with Crippen molar-refractivity contribution in [3.8, 4) is 5.75 Å². The first-order valence-electron chi connectivity index (χ1n) is 8.71. The van der Waals surface area contributed by atoms with Crippen molar-refractivity contribution in [3.05, 3.63) is 47.3 Å². The topological polar surface area (TPSA) is 61.4 Å². The summed E-state index contributed by atoms with van der Waals surface area (Å²) in [6, 6.07) is 6.15. The van der Waals surface area contributed by atoms with Gasteiger partial charge in [0, 0.05) is 12.7 Å². The molecule has 0 aliphatic carbocycles. The van der Waals surface area contributed by atoms with Crippen molar-refractivity contribution in [1.29, 1.82) is 0 Å². The van der Waals surface area contributed by atoms with Crippen LogP contribution in [0.3, 0.4) is 0 Å². The highest BCUT2D eigenvalue weighted by atomic mass is 16.5. The van der Waals surface area contributed by atoms with E-state index >= 15 is 0 Å². The first-order valence-corrected chi connectivity index (χ1v) is 8.71. The number of aliphatic hydroxyl groups is 1. The van der Waals surface area contributed by atoms with Gasteiger partial charge in [0.1, 0.15) is 18.5 Å². The fourth-order valence-electron chi connectivity index (χ4n) is 3.33. The fraction of sp³-hybridized carbons (Fsp3) is 0.526. The van der Waals surface area contributed by atoms with Crippen molar-refractivity contribution in [2.45, 2.75) is 38.7 Å². The molecule has 5 nitrogen and oxygen atoms in total. The molecule has 1 aliphatic heterocycles. The first kappa shape index (κ1) is 17.0. The van der Waals surface area contributed by atoms with E-state index in [1.807, 2.05) is 32.3 Å². The van der Waals surface area contributed by atoms with E-state index in [1.165, 1.54) is 11.1 Å². The van der Waals surface area contributed by atoms with Crippen LogP contribution >= 0.6 is 0 Å². The standard InChI is InChI=1S/C19H27N3O2/c1-14-3-4-15(2)19(9-14)24-13-18(23)12-22-7-5-16(6-8-22)17-10-20-21-11-17/h3-4,9-11,16,18,23H,5-8,12-13H2,1-2H3,(H,20,21)/t18-/m0/s1. The number of aromatic amines is 1. The third kappa shape index (κ3) is 4.36. The number of rotatable bonds is 6. The number of β-amino-alcohol motifs (C(OH)–C–C–N with tert-alkyl or cyclic N) is 1. The second kappa shape index (κ2) is 7.81. The molecule has 0 amide bonds. The van der Waals surface area contributed by atoms with Gasteiger partial charge in [-0.05, 0) is 68.5 Å². The summed E-state index contributed by atoms with van der Waals surface area (Å²) in [7, 11) is 0. The van der Waals surface area contributed by atoms with Gasteiger partial charge in [0.2, 0.25) is 0 Å². The van der Waals surface area contributed by atoms with Crippen LogP contribution in [0.2, 0.25) is 0 Å². The van der Waals surface area contributed by atoms with E-state index in [-0.39, 0.29) is 0 Å². The number of aryl methyl sites for hydroxylation is 2. The maximum atomic E-state index is 10.3. The van der Waals surface area contributed by atoms with Gasteiger partial charge in [-0.25, -0.2) is 0 Å². The van der Waals surface area contributed by atoms with E-state index < -0.39 is 6.10 Å². The molecular weight excluding hydrogens is 302 g/mol. The molecule has 1 atom stereocenters. The predicted octanol–water partition coefficient (Wildman–Crippen LogP) is 2.65. The zero-order valence-electron chi connectivity index (χ0n) is 14.5. The number of H-pyrrole nitrogens is 1. The van der Waals surface area contributed by atoms with Gasteiger partial charge in [-0.2, -0.15) is 5.10 Å². The van der Waals surface area contributed by atoms with Gasteiger partial charge in [-0.3, -0.25) is 5.10 Å². The summed E-state index contributed by atoms with van der Waals surface area (Å²) < 4.78 is 5.81. The van der Waals surface area contributed by atoms with E-state index in [4.69, 9.17) is 4.74 Å². The Morgan fingerprint density at radius 1 is 1.33 bits per heavy atom. The number of benzene rings is 1. The predicted molar refractivity (Wildman–Crippen MR) is 94.4 cm³/mol. The van der Waals surface area contributed by atoms with Crippen molar-refractivity contribution in [1.82, 2.24) is 15.1 Å². The van der Waals surface area contributed by atoms with Crippen LogP contribution in [-0.2, 0) is 0 Å². The van der Waals surface area contributed by atoms with E-state index in [0.29, 0.717) is 19.1 Å². The monoisotopic (exact) mass is 329 g/mol. The largest absolute Gasteiger partial charge is 0.491 e. The van der Waals surface area contributed by atoms with Gasteiger partial charge < -0.3 is 14.7 Å². The van der Waals surface area contributed by atoms with Crippen LogP contribution in [-0.4, -0.2) is 52.5 Å². The highest BCUT2D eigenvalue weighted by molar-refractivity contribution is 5.35. The van der Waals surface area contributed by atoms with E-state index in [2.05, 4.69) is 27.2 Å². The average molecular weight is 329 g/mol. The lowest BCUT2D eigenvalue weighted by atomic mass is 9.91. The number of nitrogens with one attached hydrogen (secondary N) is 1. The molecule has 2 N–H and O–H groups in total. The van der Waals surface area contributed by atoms with Crippen LogP contribution in [0.5, 0.6) is 5.75 Å². The molecule has 3 rings (SSSR count). The Hall–Kier alpha value is -1.85. The quantitative estimate of drug-likeness (QED) is 0.855. The number of nitrogens with zero attached hydrogens (tertiary/aromatic N) is 2. The molecule has 1 saturated heterocycles. The zero-order valence-corrected chi connectivity index (χ0v) is 14.5. The zero-order chi connectivity index (χ0) is 16.9. The van der Waals surface area contributed by atoms with Gasteiger partial charge in [-0.1, -0.05) is 12.1 Å². The molecule has 1 fully saturated rings. The fourth-order valence-corrected chi connectivity index (χ4v) is 3.33.